The molecule has 1 saturated heterocycles. The lowest BCUT2D eigenvalue weighted by Crippen LogP contribution is -2.37. The van der Waals surface area contributed by atoms with Crippen molar-refractivity contribution in [1.29, 1.82) is 0 Å². The van der Waals surface area contributed by atoms with E-state index in [4.69, 9.17) is 0 Å². The molecule has 1 aromatic heterocycles. The molecule has 1 unspecified atom stereocenters. The molecule has 2 rings (SSSR count). The topological polar surface area (TPSA) is 42.7 Å². The Kier molecular flexibility index (Phi) is 2.59. The highest BCUT2D eigenvalue weighted by Gasteiger charge is 2.12. The standard InChI is InChI=1S/C9H16N4/c1-8-11-7-13(12-8)6-9-4-2-3-5-10-9/h7,9-10H,2-6H2,1H3. The summed E-state index contributed by atoms with van der Waals surface area (Å²) in [4.78, 5) is 4.11. The zero-order valence-corrected chi connectivity index (χ0v) is 8.03. The highest BCUT2D eigenvalue weighted by atomic mass is 15.3. The third-order valence-electron chi connectivity index (χ3n) is 2.47. The van der Waals surface area contributed by atoms with E-state index in [1.807, 2.05) is 17.9 Å². The molecule has 13 heavy (non-hydrogen) atoms. The molecule has 4 nitrogen and oxygen atoms in total. The lowest BCUT2D eigenvalue weighted by Gasteiger charge is -2.22. The number of aromatic nitrogens is 3. The molecule has 2 heterocycles. The maximum Gasteiger partial charge on any atom is 0.147 e. The molecule has 1 fully saturated rings. The summed E-state index contributed by atoms with van der Waals surface area (Å²) in [5, 5.41) is 7.76. The van der Waals surface area contributed by atoms with E-state index in [0.717, 1.165) is 18.9 Å². The van der Waals surface area contributed by atoms with E-state index < -0.39 is 0 Å². The predicted molar refractivity (Wildman–Crippen MR) is 50.4 cm³/mol. The van der Waals surface area contributed by atoms with Crippen LogP contribution in [0.3, 0.4) is 0 Å². The number of nitrogens with one attached hydrogen (secondary N) is 1. The minimum Gasteiger partial charge on any atom is -0.312 e. The monoisotopic (exact) mass is 180 g/mol. The Bertz CT molecular complexity index is 262. The molecule has 0 radical (unpaired) electrons. The maximum atomic E-state index is 4.27. The van der Waals surface area contributed by atoms with Crippen molar-refractivity contribution in [2.24, 2.45) is 0 Å². The third kappa shape index (κ3) is 2.28. The summed E-state index contributed by atoms with van der Waals surface area (Å²) in [6, 6.07) is 0.592. The van der Waals surface area contributed by atoms with Gasteiger partial charge in [0.15, 0.2) is 0 Å². The minimum atomic E-state index is 0.592. The van der Waals surface area contributed by atoms with Crippen molar-refractivity contribution in [3.8, 4) is 0 Å². The molecule has 0 saturated carbocycles. The van der Waals surface area contributed by atoms with Gasteiger partial charge in [-0.3, -0.25) is 4.68 Å². The lowest BCUT2D eigenvalue weighted by molar-refractivity contribution is 0.350. The van der Waals surface area contributed by atoms with Crippen LogP contribution in [0.5, 0.6) is 0 Å². The Morgan fingerprint density at radius 1 is 1.62 bits per heavy atom. The molecule has 1 aliphatic heterocycles. The first-order valence-electron chi connectivity index (χ1n) is 4.94. The second-order valence-corrected chi connectivity index (χ2v) is 3.66. The number of nitrogens with zero attached hydrogens (tertiary/aromatic N) is 3. The van der Waals surface area contributed by atoms with E-state index in [1.54, 1.807) is 0 Å². The third-order valence-corrected chi connectivity index (χ3v) is 2.47. The van der Waals surface area contributed by atoms with Gasteiger partial charge in [-0.1, -0.05) is 6.42 Å². The van der Waals surface area contributed by atoms with Crippen molar-refractivity contribution in [2.45, 2.75) is 38.8 Å². The van der Waals surface area contributed by atoms with Crippen molar-refractivity contribution in [2.75, 3.05) is 6.54 Å². The molecule has 4 heteroatoms. The van der Waals surface area contributed by atoms with Crippen LogP contribution >= 0.6 is 0 Å². The predicted octanol–water partition coefficient (Wildman–Crippen LogP) is 0.729. The van der Waals surface area contributed by atoms with Gasteiger partial charge in [0, 0.05) is 6.04 Å². The zero-order valence-electron chi connectivity index (χ0n) is 8.03. The van der Waals surface area contributed by atoms with E-state index >= 15 is 0 Å². The van der Waals surface area contributed by atoms with Crippen LogP contribution in [0.25, 0.3) is 0 Å². The van der Waals surface area contributed by atoms with Crippen LogP contribution in [0.1, 0.15) is 25.1 Å². The first-order valence-corrected chi connectivity index (χ1v) is 4.94. The molecular weight excluding hydrogens is 164 g/mol. The summed E-state index contributed by atoms with van der Waals surface area (Å²) in [7, 11) is 0. The van der Waals surface area contributed by atoms with Crippen LogP contribution < -0.4 is 5.32 Å². The van der Waals surface area contributed by atoms with Gasteiger partial charge in [0.1, 0.15) is 12.2 Å². The summed E-state index contributed by atoms with van der Waals surface area (Å²) >= 11 is 0. The first kappa shape index (κ1) is 8.69. The van der Waals surface area contributed by atoms with Crippen molar-refractivity contribution in [3.05, 3.63) is 12.2 Å². The fourth-order valence-corrected chi connectivity index (χ4v) is 1.78. The Labute approximate surface area is 78.4 Å². The van der Waals surface area contributed by atoms with Crippen LogP contribution in [0, 0.1) is 6.92 Å². The highest BCUT2D eigenvalue weighted by Crippen LogP contribution is 2.08. The van der Waals surface area contributed by atoms with E-state index in [9.17, 15) is 0 Å². The largest absolute Gasteiger partial charge is 0.312 e. The van der Waals surface area contributed by atoms with Gasteiger partial charge < -0.3 is 5.32 Å². The molecule has 0 bridgehead atoms. The maximum absolute atomic E-state index is 4.27. The van der Waals surface area contributed by atoms with E-state index in [-0.39, 0.29) is 0 Å². The van der Waals surface area contributed by atoms with Crippen molar-refractivity contribution >= 4 is 0 Å². The number of hydrogen-bond acceptors (Lipinski definition) is 3. The van der Waals surface area contributed by atoms with Gasteiger partial charge in [0.2, 0.25) is 0 Å². The molecule has 0 spiro atoms. The van der Waals surface area contributed by atoms with Crippen molar-refractivity contribution in [3.63, 3.8) is 0 Å². The minimum absolute atomic E-state index is 0.592. The molecule has 1 aliphatic rings. The van der Waals surface area contributed by atoms with Crippen molar-refractivity contribution < 1.29 is 0 Å². The van der Waals surface area contributed by atoms with Crippen LogP contribution in [0.2, 0.25) is 0 Å². The molecule has 1 atom stereocenters. The van der Waals surface area contributed by atoms with Gasteiger partial charge in [-0.25, -0.2) is 4.98 Å². The fraction of sp³-hybridized carbons (Fsp3) is 0.778. The van der Waals surface area contributed by atoms with Gasteiger partial charge in [0.05, 0.1) is 6.54 Å². The summed E-state index contributed by atoms with van der Waals surface area (Å²) in [5.41, 5.74) is 0. The van der Waals surface area contributed by atoms with E-state index in [1.165, 1.54) is 19.3 Å². The average Bonchev–Trinajstić information content (AvgIpc) is 2.53. The Morgan fingerprint density at radius 3 is 3.15 bits per heavy atom. The quantitative estimate of drug-likeness (QED) is 0.729. The van der Waals surface area contributed by atoms with Crippen molar-refractivity contribution in [1.82, 2.24) is 20.1 Å². The van der Waals surface area contributed by atoms with Crippen LogP contribution in [0.4, 0.5) is 0 Å². The number of aryl methyl sites for hydroxylation is 1. The van der Waals surface area contributed by atoms with Gasteiger partial charge in [0.25, 0.3) is 0 Å². The SMILES string of the molecule is Cc1ncn(CC2CCCCN2)n1. The normalized spacial score (nSPS) is 23.3. The number of piperidine rings is 1. The smallest absolute Gasteiger partial charge is 0.147 e. The van der Waals surface area contributed by atoms with Crippen LogP contribution in [-0.4, -0.2) is 27.4 Å². The van der Waals surface area contributed by atoms with Crippen LogP contribution in [0.15, 0.2) is 6.33 Å². The summed E-state index contributed by atoms with van der Waals surface area (Å²) < 4.78 is 1.93. The fourth-order valence-electron chi connectivity index (χ4n) is 1.78. The zero-order chi connectivity index (χ0) is 9.10. The molecule has 0 aromatic carbocycles. The lowest BCUT2D eigenvalue weighted by atomic mass is 10.1. The van der Waals surface area contributed by atoms with Crippen LogP contribution in [-0.2, 0) is 6.54 Å². The van der Waals surface area contributed by atoms with Gasteiger partial charge in [-0.15, -0.1) is 0 Å². The van der Waals surface area contributed by atoms with Gasteiger partial charge in [-0.2, -0.15) is 5.10 Å². The molecular formula is C9H16N4. The Morgan fingerprint density at radius 2 is 2.54 bits per heavy atom. The Balaban J connectivity index is 1.89. The van der Waals surface area contributed by atoms with E-state index in [0.29, 0.717) is 6.04 Å². The molecule has 1 aromatic rings. The summed E-state index contributed by atoms with van der Waals surface area (Å²) in [6.45, 7) is 4.03. The first-order chi connectivity index (χ1) is 6.34. The molecule has 72 valence electrons. The Hall–Kier alpha value is -0.900. The van der Waals surface area contributed by atoms with E-state index in [2.05, 4.69) is 15.4 Å². The summed E-state index contributed by atoms with van der Waals surface area (Å²) in [5.74, 6) is 0.857. The number of rotatable bonds is 2. The van der Waals surface area contributed by atoms with Gasteiger partial charge in [-0.05, 0) is 26.3 Å². The second-order valence-electron chi connectivity index (χ2n) is 3.66. The molecule has 0 aliphatic carbocycles. The summed E-state index contributed by atoms with van der Waals surface area (Å²) in [6.07, 6.45) is 5.72. The molecule has 1 N–H and O–H groups in total. The van der Waals surface area contributed by atoms with Gasteiger partial charge >= 0.3 is 0 Å². The second kappa shape index (κ2) is 3.87. The highest BCUT2D eigenvalue weighted by molar-refractivity contribution is 4.78. The number of hydrogen-bond donors (Lipinski definition) is 1. The average molecular weight is 180 g/mol. The molecule has 0 amide bonds.